The first kappa shape index (κ1) is 29.8. The Kier molecular flexibility index (Phi) is 10.1. The monoisotopic (exact) mass is 563 g/mol. The maximum Gasteiger partial charge on any atom is 0.242 e. The molecule has 3 rings (SSSR count). The van der Waals surface area contributed by atoms with Crippen LogP contribution in [0.2, 0.25) is 0 Å². The molecule has 1 aliphatic heterocycles. The van der Waals surface area contributed by atoms with Crippen molar-refractivity contribution in [2.75, 3.05) is 55.9 Å². The summed E-state index contributed by atoms with van der Waals surface area (Å²) in [6, 6.07) is 15.6. The first-order valence-electron chi connectivity index (χ1n) is 12.7. The number of rotatable bonds is 11. The van der Waals surface area contributed by atoms with E-state index in [0.717, 1.165) is 44.0 Å². The second-order valence-corrected chi connectivity index (χ2v) is 14.0. The summed E-state index contributed by atoms with van der Waals surface area (Å²) in [7, 11) is -6.73. The number of carbonyl (C=O) groups excluding carboxylic acids is 2. The standard InChI is InChI=1S/C27H37N3O6S2/c1-4-29(26(31)20-22-10-12-25(13-11-22)38(3,35)36)24-14-16-28(17-15-24)18-19-30(23-8-6-5-7-9-23)27(32)21-37(2,33)34/h5-13,24H,4,14-21H2,1-3H3. The summed E-state index contributed by atoms with van der Waals surface area (Å²) in [6.07, 6.45) is 4.03. The number of carbonyl (C=O) groups is 2. The van der Waals surface area contributed by atoms with Crippen molar-refractivity contribution in [1.82, 2.24) is 9.80 Å². The van der Waals surface area contributed by atoms with Crippen LogP contribution in [0.3, 0.4) is 0 Å². The largest absolute Gasteiger partial charge is 0.340 e. The summed E-state index contributed by atoms with van der Waals surface area (Å²) in [4.78, 5) is 31.7. The SMILES string of the molecule is CCN(C(=O)Cc1ccc(S(C)(=O)=O)cc1)C1CCN(CCN(C(=O)CS(C)(=O)=O)c2ccccc2)CC1. The third-order valence-corrected chi connectivity index (χ3v) is 8.66. The summed E-state index contributed by atoms with van der Waals surface area (Å²) in [5.74, 6) is -0.963. The van der Waals surface area contributed by atoms with E-state index in [2.05, 4.69) is 4.90 Å². The Morgan fingerprint density at radius 1 is 0.895 bits per heavy atom. The number of hydrogen-bond donors (Lipinski definition) is 0. The van der Waals surface area contributed by atoms with Gasteiger partial charge < -0.3 is 14.7 Å². The predicted octanol–water partition coefficient (Wildman–Crippen LogP) is 2.02. The van der Waals surface area contributed by atoms with Crippen molar-refractivity contribution in [1.29, 1.82) is 0 Å². The van der Waals surface area contributed by atoms with Gasteiger partial charge in [0.25, 0.3) is 0 Å². The first-order valence-corrected chi connectivity index (χ1v) is 16.7. The molecule has 1 fully saturated rings. The Bertz CT molecular complexity index is 1300. The minimum absolute atomic E-state index is 0.0136. The number of anilines is 1. The first-order chi connectivity index (χ1) is 17.9. The van der Waals surface area contributed by atoms with E-state index in [-0.39, 0.29) is 23.3 Å². The van der Waals surface area contributed by atoms with Crippen LogP contribution in [0.4, 0.5) is 5.69 Å². The van der Waals surface area contributed by atoms with E-state index in [9.17, 15) is 26.4 Å². The van der Waals surface area contributed by atoms with Gasteiger partial charge in [0.2, 0.25) is 11.8 Å². The molecule has 38 heavy (non-hydrogen) atoms. The van der Waals surface area contributed by atoms with Crippen molar-refractivity contribution < 1.29 is 26.4 Å². The molecule has 2 aromatic rings. The number of para-hydroxylation sites is 1. The van der Waals surface area contributed by atoms with Gasteiger partial charge in [0.1, 0.15) is 5.75 Å². The molecular formula is C27H37N3O6S2. The van der Waals surface area contributed by atoms with Crippen molar-refractivity contribution in [3.8, 4) is 0 Å². The Morgan fingerprint density at radius 3 is 2.03 bits per heavy atom. The Morgan fingerprint density at radius 2 is 1.50 bits per heavy atom. The van der Waals surface area contributed by atoms with Crippen molar-refractivity contribution >= 4 is 37.2 Å². The summed E-state index contributed by atoms with van der Waals surface area (Å²) in [5.41, 5.74) is 1.45. The number of nitrogens with zero attached hydrogens (tertiary/aromatic N) is 3. The Balaban J connectivity index is 1.56. The van der Waals surface area contributed by atoms with Crippen LogP contribution in [0.15, 0.2) is 59.5 Å². The van der Waals surface area contributed by atoms with Crippen LogP contribution in [0.1, 0.15) is 25.3 Å². The molecule has 208 valence electrons. The van der Waals surface area contributed by atoms with Crippen molar-refractivity contribution in [2.45, 2.75) is 37.1 Å². The Labute approximate surface area is 226 Å². The lowest BCUT2D eigenvalue weighted by atomic mass is 10.0. The zero-order valence-electron chi connectivity index (χ0n) is 22.2. The molecule has 0 bridgehead atoms. The molecule has 0 unspecified atom stereocenters. The second-order valence-electron chi connectivity index (χ2n) is 9.80. The van der Waals surface area contributed by atoms with Crippen LogP contribution >= 0.6 is 0 Å². The molecule has 1 aliphatic rings. The van der Waals surface area contributed by atoms with E-state index < -0.39 is 31.3 Å². The molecule has 2 amide bonds. The number of piperidine rings is 1. The Hall–Kier alpha value is -2.76. The minimum atomic E-state index is -3.45. The van der Waals surface area contributed by atoms with E-state index in [4.69, 9.17) is 0 Å². The molecule has 0 N–H and O–H groups in total. The molecule has 0 aliphatic carbocycles. The molecule has 1 heterocycles. The molecule has 2 aromatic carbocycles. The van der Waals surface area contributed by atoms with Gasteiger partial charge in [0.15, 0.2) is 19.7 Å². The molecular weight excluding hydrogens is 526 g/mol. The van der Waals surface area contributed by atoms with Gasteiger partial charge in [-0.05, 0) is 49.6 Å². The minimum Gasteiger partial charge on any atom is -0.340 e. The van der Waals surface area contributed by atoms with Gasteiger partial charge in [-0.1, -0.05) is 30.3 Å². The topological polar surface area (TPSA) is 112 Å². The molecule has 0 atom stereocenters. The third kappa shape index (κ3) is 8.64. The predicted molar refractivity (Wildman–Crippen MR) is 149 cm³/mol. The number of likely N-dealkylation sites (tertiary alicyclic amines) is 1. The van der Waals surface area contributed by atoms with Crippen molar-refractivity contribution in [3.63, 3.8) is 0 Å². The normalized spacial score (nSPS) is 15.2. The fourth-order valence-corrected chi connectivity index (χ4v) is 6.01. The highest BCUT2D eigenvalue weighted by atomic mass is 32.2. The fraction of sp³-hybridized carbons (Fsp3) is 0.481. The molecule has 11 heteroatoms. The molecule has 9 nitrogen and oxygen atoms in total. The van der Waals surface area contributed by atoms with E-state index in [1.54, 1.807) is 24.3 Å². The molecule has 0 spiro atoms. The van der Waals surface area contributed by atoms with Gasteiger partial charge in [-0.15, -0.1) is 0 Å². The number of hydrogen-bond acceptors (Lipinski definition) is 7. The summed E-state index contributed by atoms with van der Waals surface area (Å²) >= 11 is 0. The molecule has 1 saturated heterocycles. The van der Waals surface area contributed by atoms with E-state index in [0.29, 0.717) is 25.3 Å². The van der Waals surface area contributed by atoms with Crippen molar-refractivity contribution in [3.05, 3.63) is 60.2 Å². The zero-order valence-corrected chi connectivity index (χ0v) is 23.9. The quantitative estimate of drug-likeness (QED) is 0.411. The van der Waals surface area contributed by atoms with Crippen LogP contribution in [0, 0.1) is 0 Å². The van der Waals surface area contributed by atoms with Gasteiger partial charge in [-0.3, -0.25) is 9.59 Å². The van der Waals surface area contributed by atoms with Crippen LogP contribution < -0.4 is 4.90 Å². The van der Waals surface area contributed by atoms with Crippen molar-refractivity contribution in [2.24, 2.45) is 0 Å². The maximum atomic E-state index is 13.1. The lowest BCUT2D eigenvalue weighted by Gasteiger charge is -2.39. The summed E-state index contributed by atoms with van der Waals surface area (Å²) in [6.45, 7) is 5.06. The smallest absolute Gasteiger partial charge is 0.242 e. The van der Waals surface area contributed by atoms with E-state index in [1.165, 1.54) is 17.0 Å². The number of amides is 2. The number of benzene rings is 2. The second kappa shape index (κ2) is 12.9. The highest BCUT2D eigenvalue weighted by Gasteiger charge is 2.28. The van der Waals surface area contributed by atoms with Gasteiger partial charge in [0.05, 0.1) is 11.3 Å². The number of sulfone groups is 2. The zero-order chi connectivity index (χ0) is 27.9. The van der Waals surface area contributed by atoms with E-state index in [1.807, 2.05) is 30.0 Å². The number of likely N-dealkylation sites (N-methyl/N-ethyl adjacent to an activating group) is 1. The third-order valence-electron chi connectivity index (χ3n) is 6.76. The van der Waals surface area contributed by atoms with Crippen LogP contribution in [0.25, 0.3) is 0 Å². The van der Waals surface area contributed by atoms with Crippen LogP contribution in [-0.4, -0.2) is 95.5 Å². The molecule has 0 aromatic heterocycles. The summed E-state index contributed by atoms with van der Waals surface area (Å²) < 4.78 is 46.8. The molecule has 0 saturated carbocycles. The van der Waals surface area contributed by atoms with Crippen LogP contribution in [0.5, 0.6) is 0 Å². The average molecular weight is 564 g/mol. The lowest BCUT2D eigenvalue weighted by Crippen LogP contribution is -2.49. The summed E-state index contributed by atoms with van der Waals surface area (Å²) in [5, 5.41) is 0. The average Bonchev–Trinajstić information content (AvgIpc) is 2.85. The highest BCUT2D eigenvalue weighted by molar-refractivity contribution is 7.91. The van der Waals surface area contributed by atoms with E-state index >= 15 is 0 Å². The van der Waals surface area contributed by atoms with Crippen LogP contribution in [-0.2, 0) is 35.7 Å². The van der Waals surface area contributed by atoms with Gasteiger partial charge in [0, 0.05) is 57.0 Å². The molecule has 0 radical (unpaired) electrons. The van der Waals surface area contributed by atoms with Gasteiger partial charge in [-0.25, -0.2) is 16.8 Å². The maximum absolute atomic E-state index is 13.1. The van der Waals surface area contributed by atoms with Gasteiger partial charge in [-0.2, -0.15) is 0 Å². The lowest BCUT2D eigenvalue weighted by molar-refractivity contribution is -0.133. The van der Waals surface area contributed by atoms with Gasteiger partial charge >= 0.3 is 0 Å². The fourth-order valence-electron chi connectivity index (χ4n) is 4.77. The highest BCUT2D eigenvalue weighted by Crippen LogP contribution is 2.20.